The minimum Gasteiger partial charge on any atom is -0.350 e. The maximum atomic E-state index is 13.2. The van der Waals surface area contributed by atoms with E-state index in [4.69, 9.17) is 0 Å². The van der Waals surface area contributed by atoms with Gasteiger partial charge in [0, 0.05) is 18.7 Å². The third-order valence-electron chi connectivity index (χ3n) is 5.07. The second kappa shape index (κ2) is 8.09. The Hall–Kier alpha value is -3.40. The first-order valence-electron chi connectivity index (χ1n) is 9.48. The third-order valence-corrected chi connectivity index (χ3v) is 5.07. The van der Waals surface area contributed by atoms with E-state index in [9.17, 15) is 9.59 Å². The number of hydrogen-bond donors (Lipinski definition) is 1. The van der Waals surface area contributed by atoms with E-state index < -0.39 is 5.92 Å². The van der Waals surface area contributed by atoms with Gasteiger partial charge in [0.2, 0.25) is 11.8 Å². The predicted molar refractivity (Wildman–Crippen MR) is 110 cm³/mol. The van der Waals surface area contributed by atoms with Crippen LogP contribution < -0.4 is 10.2 Å². The summed E-state index contributed by atoms with van der Waals surface area (Å²) in [5, 5.41) is 3.10. The zero-order valence-corrected chi connectivity index (χ0v) is 15.5. The van der Waals surface area contributed by atoms with Crippen LogP contribution in [0.2, 0.25) is 0 Å². The smallest absolute Gasteiger partial charge is 0.232 e. The summed E-state index contributed by atoms with van der Waals surface area (Å²) in [4.78, 5) is 27.4. The first kappa shape index (κ1) is 18.0. The van der Waals surface area contributed by atoms with Crippen LogP contribution in [0.4, 0.5) is 5.69 Å². The number of nitrogens with zero attached hydrogens (tertiary/aromatic N) is 1. The monoisotopic (exact) mass is 370 g/mol. The van der Waals surface area contributed by atoms with E-state index in [1.165, 1.54) is 0 Å². The molecule has 0 spiro atoms. The van der Waals surface area contributed by atoms with Gasteiger partial charge in [0.15, 0.2) is 0 Å². The molecule has 4 heteroatoms. The van der Waals surface area contributed by atoms with Gasteiger partial charge >= 0.3 is 0 Å². The van der Waals surface area contributed by atoms with Crippen molar-refractivity contribution in [3.05, 3.63) is 102 Å². The maximum Gasteiger partial charge on any atom is 0.232 e. The number of nitrogens with one attached hydrogen (secondary N) is 1. The molecule has 140 valence electrons. The van der Waals surface area contributed by atoms with Crippen LogP contribution in [0.5, 0.6) is 0 Å². The molecule has 4 nitrogen and oxygen atoms in total. The van der Waals surface area contributed by atoms with Crippen molar-refractivity contribution < 1.29 is 9.59 Å². The van der Waals surface area contributed by atoms with Crippen LogP contribution in [0.1, 0.15) is 23.5 Å². The standard InChI is InChI=1S/C24H22N2O2/c27-22-16-20(17-26(22)21-14-8-3-9-15-21)25-24(28)23(18-10-4-1-5-11-18)19-12-6-2-7-13-19/h1-15,20,23H,16-17H2,(H,25,28). The molecule has 0 aromatic heterocycles. The number of rotatable bonds is 5. The number of para-hydroxylation sites is 1. The zero-order valence-electron chi connectivity index (χ0n) is 15.5. The minimum absolute atomic E-state index is 0.0347. The van der Waals surface area contributed by atoms with Gasteiger partial charge in [-0.05, 0) is 23.3 Å². The molecule has 4 rings (SSSR count). The van der Waals surface area contributed by atoms with Crippen LogP contribution in [0.15, 0.2) is 91.0 Å². The quantitative estimate of drug-likeness (QED) is 0.744. The van der Waals surface area contributed by atoms with Crippen molar-refractivity contribution >= 4 is 17.5 Å². The topological polar surface area (TPSA) is 49.4 Å². The van der Waals surface area contributed by atoms with Crippen LogP contribution in [0.25, 0.3) is 0 Å². The summed E-state index contributed by atoms with van der Waals surface area (Å²) in [5.74, 6) is -0.444. The molecule has 0 bridgehead atoms. The number of anilines is 1. The summed E-state index contributed by atoms with van der Waals surface area (Å²) >= 11 is 0. The molecule has 1 N–H and O–H groups in total. The molecule has 0 aliphatic carbocycles. The number of benzene rings is 3. The Labute approximate surface area is 164 Å². The second-order valence-electron chi connectivity index (χ2n) is 7.00. The van der Waals surface area contributed by atoms with Crippen LogP contribution in [0, 0.1) is 0 Å². The molecule has 1 atom stereocenters. The van der Waals surface area contributed by atoms with Crippen molar-refractivity contribution in [3.8, 4) is 0 Å². The molecule has 1 unspecified atom stereocenters. The highest BCUT2D eigenvalue weighted by atomic mass is 16.2. The van der Waals surface area contributed by atoms with Crippen LogP contribution >= 0.6 is 0 Å². The molecule has 28 heavy (non-hydrogen) atoms. The van der Waals surface area contributed by atoms with Gasteiger partial charge in [-0.2, -0.15) is 0 Å². The minimum atomic E-state index is -0.400. The largest absolute Gasteiger partial charge is 0.350 e. The number of carbonyl (C=O) groups excluding carboxylic acids is 2. The van der Waals surface area contributed by atoms with Gasteiger partial charge in [-0.15, -0.1) is 0 Å². The first-order valence-corrected chi connectivity index (χ1v) is 9.48. The molecule has 0 radical (unpaired) electrons. The van der Waals surface area contributed by atoms with Crippen molar-refractivity contribution in [2.75, 3.05) is 11.4 Å². The Morgan fingerprint density at radius 1 is 0.821 bits per heavy atom. The Kier molecular flexibility index (Phi) is 5.20. The summed E-state index contributed by atoms with van der Waals surface area (Å²) in [6, 6.07) is 28.9. The molecule has 1 heterocycles. The summed E-state index contributed by atoms with van der Waals surface area (Å²) in [6.45, 7) is 0.491. The lowest BCUT2D eigenvalue weighted by Crippen LogP contribution is -2.40. The van der Waals surface area contributed by atoms with Gasteiger partial charge in [-0.1, -0.05) is 78.9 Å². The van der Waals surface area contributed by atoms with E-state index in [1.54, 1.807) is 4.90 Å². The van der Waals surface area contributed by atoms with Gasteiger partial charge < -0.3 is 10.2 Å². The molecular weight excluding hydrogens is 348 g/mol. The first-order chi connectivity index (χ1) is 13.7. The van der Waals surface area contributed by atoms with Gasteiger partial charge in [0.05, 0.1) is 12.0 Å². The highest BCUT2D eigenvalue weighted by Crippen LogP contribution is 2.26. The molecule has 3 aromatic rings. The van der Waals surface area contributed by atoms with Crippen molar-refractivity contribution in [2.24, 2.45) is 0 Å². The lowest BCUT2D eigenvalue weighted by atomic mass is 9.90. The lowest BCUT2D eigenvalue weighted by Gasteiger charge is -2.21. The summed E-state index contributed by atoms with van der Waals surface area (Å²) in [5.41, 5.74) is 2.75. The normalized spacial score (nSPS) is 16.4. The lowest BCUT2D eigenvalue weighted by molar-refractivity contribution is -0.122. The van der Waals surface area contributed by atoms with E-state index in [0.29, 0.717) is 13.0 Å². The fourth-order valence-corrected chi connectivity index (χ4v) is 3.73. The van der Waals surface area contributed by atoms with Gasteiger partial charge in [-0.25, -0.2) is 0 Å². The predicted octanol–water partition coefficient (Wildman–Crippen LogP) is 3.74. The van der Waals surface area contributed by atoms with Gasteiger partial charge in [0.1, 0.15) is 0 Å². The van der Waals surface area contributed by atoms with E-state index >= 15 is 0 Å². The molecular formula is C24H22N2O2. The molecule has 3 aromatic carbocycles. The fourth-order valence-electron chi connectivity index (χ4n) is 3.73. The SMILES string of the molecule is O=C(NC1CC(=O)N(c2ccccc2)C1)C(c1ccccc1)c1ccccc1. The second-order valence-corrected chi connectivity index (χ2v) is 7.00. The number of amides is 2. The van der Waals surface area contributed by atoms with Crippen LogP contribution in [-0.4, -0.2) is 24.4 Å². The van der Waals surface area contributed by atoms with Gasteiger partial charge in [-0.3, -0.25) is 9.59 Å². The van der Waals surface area contributed by atoms with Crippen molar-refractivity contribution in [1.82, 2.24) is 5.32 Å². The van der Waals surface area contributed by atoms with Crippen molar-refractivity contribution in [2.45, 2.75) is 18.4 Å². The zero-order chi connectivity index (χ0) is 19.3. The Morgan fingerprint density at radius 2 is 1.32 bits per heavy atom. The van der Waals surface area contributed by atoms with E-state index in [0.717, 1.165) is 16.8 Å². The van der Waals surface area contributed by atoms with Crippen LogP contribution in [0.3, 0.4) is 0 Å². The average Bonchev–Trinajstić information content (AvgIpc) is 3.10. The fraction of sp³-hybridized carbons (Fsp3) is 0.167. The summed E-state index contributed by atoms with van der Waals surface area (Å²) in [7, 11) is 0. The highest BCUT2D eigenvalue weighted by Gasteiger charge is 2.33. The Balaban J connectivity index is 1.53. The number of carbonyl (C=O) groups is 2. The molecule has 2 amide bonds. The summed E-state index contributed by atoms with van der Waals surface area (Å²) in [6.07, 6.45) is 0.316. The average molecular weight is 370 g/mol. The van der Waals surface area contributed by atoms with E-state index in [2.05, 4.69) is 5.32 Å². The van der Waals surface area contributed by atoms with Crippen molar-refractivity contribution in [1.29, 1.82) is 0 Å². The summed E-state index contributed by atoms with van der Waals surface area (Å²) < 4.78 is 0. The number of hydrogen-bond acceptors (Lipinski definition) is 2. The van der Waals surface area contributed by atoms with Gasteiger partial charge in [0.25, 0.3) is 0 Å². The van der Waals surface area contributed by atoms with E-state index in [1.807, 2.05) is 91.0 Å². The molecule has 1 aliphatic rings. The molecule has 1 fully saturated rings. The highest BCUT2D eigenvalue weighted by molar-refractivity contribution is 5.97. The Bertz CT molecular complexity index is 903. The van der Waals surface area contributed by atoms with Crippen LogP contribution in [-0.2, 0) is 9.59 Å². The molecule has 1 aliphatic heterocycles. The maximum absolute atomic E-state index is 13.2. The molecule has 0 saturated carbocycles. The molecule has 1 saturated heterocycles. The van der Waals surface area contributed by atoms with E-state index in [-0.39, 0.29) is 17.9 Å². The third kappa shape index (κ3) is 3.81. The Morgan fingerprint density at radius 3 is 1.86 bits per heavy atom. The van der Waals surface area contributed by atoms with Crippen molar-refractivity contribution in [3.63, 3.8) is 0 Å².